The normalized spacial score (nSPS) is 29.0. The maximum absolute atomic E-state index is 12.6. The molecule has 1 aliphatic carbocycles. The van der Waals surface area contributed by atoms with Crippen LogP contribution in [0.15, 0.2) is 0 Å². The van der Waals surface area contributed by atoms with Crippen LogP contribution < -0.4 is 0 Å². The standard InChI is InChI=1S/C12H19F3O/c1-11(2,3)8-4-6-9(12(13,14)15)10(16)7-5-8/h8-9H,4-7H2,1-3H3/t8-,9-/m0/s1. The highest BCUT2D eigenvalue weighted by Crippen LogP contribution is 2.41. The number of alkyl halides is 3. The number of rotatable bonds is 0. The Labute approximate surface area is 94.4 Å². The third-order valence-corrected chi connectivity index (χ3v) is 3.55. The third-order valence-electron chi connectivity index (χ3n) is 3.55. The molecule has 0 aromatic heterocycles. The van der Waals surface area contributed by atoms with Gasteiger partial charge >= 0.3 is 6.18 Å². The van der Waals surface area contributed by atoms with Gasteiger partial charge in [0.25, 0.3) is 0 Å². The van der Waals surface area contributed by atoms with Gasteiger partial charge in [0, 0.05) is 6.42 Å². The number of carbonyl (C=O) groups excluding carboxylic acids is 1. The van der Waals surface area contributed by atoms with Crippen LogP contribution in [0.4, 0.5) is 13.2 Å². The number of Topliss-reactive ketones (excluding diaryl/α,β-unsaturated/α-hetero) is 1. The van der Waals surface area contributed by atoms with E-state index in [0.29, 0.717) is 12.8 Å². The number of hydrogen-bond donors (Lipinski definition) is 0. The molecule has 94 valence electrons. The molecule has 0 heterocycles. The lowest BCUT2D eigenvalue weighted by atomic mass is 9.76. The Kier molecular flexibility index (Phi) is 3.70. The second-order valence-electron chi connectivity index (χ2n) is 5.74. The van der Waals surface area contributed by atoms with Gasteiger partial charge in [-0.15, -0.1) is 0 Å². The summed E-state index contributed by atoms with van der Waals surface area (Å²) in [6.07, 6.45) is -3.23. The highest BCUT2D eigenvalue weighted by Gasteiger charge is 2.46. The molecule has 1 nitrogen and oxygen atoms in total. The van der Waals surface area contributed by atoms with Crippen LogP contribution in [0.5, 0.6) is 0 Å². The Balaban J connectivity index is 2.74. The summed E-state index contributed by atoms with van der Waals surface area (Å²) < 4.78 is 37.7. The van der Waals surface area contributed by atoms with Crippen molar-refractivity contribution < 1.29 is 18.0 Å². The van der Waals surface area contributed by atoms with Crippen LogP contribution >= 0.6 is 0 Å². The van der Waals surface area contributed by atoms with Crippen molar-refractivity contribution >= 4 is 5.78 Å². The molecule has 1 aliphatic rings. The van der Waals surface area contributed by atoms with Crippen molar-refractivity contribution in [1.82, 2.24) is 0 Å². The van der Waals surface area contributed by atoms with Crippen LogP contribution in [0, 0.1) is 17.3 Å². The van der Waals surface area contributed by atoms with Crippen molar-refractivity contribution in [3.05, 3.63) is 0 Å². The summed E-state index contributed by atoms with van der Waals surface area (Å²) in [6, 6.07) is 0. The van der Waals surface area contributed by atoms with Crippen LogP contribution in [-0.2, 0) is 4.79 Å². The number of hydrogen-bond acceptors (Lipinski definition) is 1. The van der Waals surface area contributed by atoms with Gasteiger partial charge < -0.3 is 0 Å². The van der Waals surface area contributed by atoms with Crippen LogP contribution in [0.3, 0.4) is 0 Å². The molecule has 1 saturated carbocycles. The lowest BCUT2D eigenvalue weighted by Crippen LogP contribution is -2.29. The van der Waals surface area contributed by atoms with Gasteiger partial charge in [-0.3, -0.25) is 4.79 Å². The second kappa shape index (κ2) is 4.38. The summed E-state index contributed by atoms with van der Waals surface area (Å²) in [5.74, 6) is -2.14. The summed E-state index contributed by atoms with van der Waals surface area (Å²) >= 11 is 0. The molecule has 0 aromatic carbocycles. The zero-order chi connectivity index (χ0) is 12.6. The molecule has 16 heavy (non-hydrogen) atoms. The predicted octanol–water partition coefficient (Wildman–Crippen LogP) is 3.97. The highest BCUT2D eigenvalue weighted by atomic mass is 19.4. The molecule has 0 spiro atoms. The van der Waals surface area contributed by atoms with Crippen molar-refractivity contribution in [3.8, 4) is 0 Å². The second-order valence-corrected chi connectivity index (χ2v) is 5.74. The Morgan fingerprint density at radius 3 is 2.06 bits per heavy atom. The largest absolute Gasteiger partial charge is 0.398 e. The fourth-order valence-electron chi connectivity index (χ4n) is 2.38. The Morgan fingerprint density at radius 2 is 1.62 bits per heavy atom. The highest BCUT2D eigenvalue weighted by molar-refractivity contribution is 5.82. The molecule has 4 heteroatoms. The quantitative estimate of drug-likeness (QED) is 0.581. The van der Waals surface area contributed by atoms with Crippen molar-refractivity contribution in [1.29, 1.82) is 0 Å². The van der Waals surface area contributed by atoms with Gasteiger partial charge in [-0.2, -0.15) is 13.2 Å². The summed E-state index contributed by atoms with van der Waals surface area (Å²) in [4.78, 5) is 11.4. The lowest BCUT2D eigenvalue weighted by molar-refractivity contribution is -0.182. The zero-order valence-electron chi connectivity index (χ0n) is 10.0. The van der Waals surface area contributed by atoms with E-state index in [9.17, 15) is 18.0 Å². The average Bonchev–Trinajstić information content (AvgIpc) is 2.23. The van der Waals surface area contributed by atoms with Crippen LogP contribution in [0.1, 0.15) is 46.5 Å². The van der Waals surface area contributed by atoms with E-state index in [0.717, 1.165) is 0 Å². The third kappa shape index (κ3) is 3.22. The molecule has 0 N–H and O–H groups in total. The SMILES string of the molecule is CC(C)(C)[C@@H]1CCC(=O)[C@@H](C(F)(F)F)CC1. The number of ketones is 1. The molecule has 0 amide bonds. The van der Waals surface area contributed by atoms with Crippen molar-refractivity contribution in [2.45, 2.75) is 52.6 Å². The summed E-state index contributed by atoms with van der Waals surface area (Å²) in [7, 11) is 0. The monoisotopic (exact) mass is 236 g/mol. The first-order chi connectivity index (χ1) is 7.12. The maximum Gasteiger partial charge on any atom is 0.398 e. The molecule has 0 aliphatic heterocycles. The van der Waals surface area contributed by atoms with Crippen LogP contribution in [-0.4, -0.2) is 12.0 Å². The predicted molar refractivity (Wildman–Crippen MR) is 56.0 cm³/mol. The minimum Gasteiger partial charge on any atom is -0.299 e. The summed E-state index contributed by atoms with van der Waals surface area (Å²) in [5.41, 5.74) is -0.0131. The topological polar surface area (TPSA) is 17.1 Å². The zero-order valence-corrected chi connectivity index (χ0v) is 10.0. The number of carbonyl (C=O) groups is 1. The average molecular weight is 236 g/mol. The van der Waals surface area contributed by atoms with Gasteiger partial charge in [0.1, 0.15) is 11.7 Å². The van der Waals surface area contributed by atoms with E-state index in [2.05, 4.69) is 0 Å². The van der Waals surface area contributed by atoms with Crippen molar-refractivity contribution in [2.24, 2.45) is 17.3 Å². The molecule has 1 fully saturated rings. The minimum absolute atomic E-state index is 0.0131. The molecule has 0 bridgehead atoms. The van der Waals surface area contributed by atoms with Crippen LogP contribution in [0.2, 0.25) is 0 Å². The molecule has 0 aromatic rings. The summed E-state index contributed by atoms with van der Waals surface area (Å²) in [6.45, 7) is 6.07. The molecule has 0 unspecified atom stereocenters. The van der Waals surface area contributed by atoms with E-state index in [4.69, 9.17) is 0 Å². The Morgan fingerprint density at radius 1 is 1.06 bits per heavy atom. The van der Waals surface area contributed by atoms with E-state index in [1.54, 1.807) is 0 Å². The van der Waals surface area contributed by atoms with Gasteiger partial charge in [0.15, 0.2) is 0 Å². The first-order valence-corrected chi connectivity index (χ1v) is 5.72. The van der Waals surface area contributed by atoms with E-state index in [1.807, 2.05) is 20.8 Å². The fraction of sp³-hybridized carbons (Fsp3) is 0.917. The number of halogens is 3. The van der Waals surface area contributed by atoms with Gasteiger partial charge in [0.05, 0.1) is 0 Å². The maximum atomic E-state index is 12.6. The van der Waals surface area contributed by atoms with E-state index in [-0.39, 0.29) is 24.2 Å². The molecule has 1 rings (SSSR count). The molecule has 2 atom stereocenters. The van der Waals surface area contributed by atoms with Crippen molar-refractivity contribution in [3.63, 3.8) is 0 Å². The Bertz CT molecular complexity index is 262. The first-order valence-electron chi connectivity index (χ1n) is 5.72. The molecular formula is C12H19F3O. The van der Waals surface area contributed by atoms with Gasteiger partial charge in [0.2, 0.25) is 0 Å². The van der Waals surface area contributed by atoms with Crippen molar-refractivity contribution in [2.75, 3.05) is 0 Å². The molecular weight excluding hydrogens is 217 g/mol. The Hall–Kier alpha value is -0.540. The van der Waals surface area contributed by atoms with E-state index < -0.39 is 17.9 Å². The van der Waals surface area contributed by atoms with Crippen LogP contribution in [0.25, 0.3) is 0 Å². The fourth-order valence-corrected chi connectivity index (χ4v) is 2.38. The lowest BCUT2D eigenvalue weighted by Gasteiger charge is -2.29. The van der Waals surface area contributed by atoms with Gasteiger partial charge in [-0.1, -0.05) is 20.8 Å². The molecule has 0 saturated heterocycles. The first kappa shape index (κ1) is 13.5. The van der Waals surface area contributed by atoms with Gasteiger partial charge in [-0.05, 0) is 30.6 Å². The minimum atomic E-state index is -4.36. The van der Waals surface area contributed by atoms with Gasteiger partial charge in [-0.25, -0.2) is 0 Å². The smallest absolute Gasteiger partial charge is 0.299 e. The summed E-state index contributed by atoms with van der Waals surface area (Å²) in [5, 5.41) is 0. The van der Waals surface area contributed by atoms with E-state index >= 15 is 0 Å². The van der Waals surface area contributed by atoms with E-state index in [1.165, 1.54) is 0 Å². The molecule has 0 radical (unpaired) electrons.